The molecule has 1 fully saturated rings. The number of pyridine rings is 1. The second-order valence-corrected chi connectivity index (χ2v) is 5.49. The van der Waals surface area contributed by atoms with Crippen LogP contribution >= 0.6 is 0 Å². The van der Waals surface area contributed by atoms with Crippen LogP contribution in [-0.2, 0) is 15.8 Å². The first-order valence-electron chi connectivity index (χ1n) is 7.58. The first kappa shape index (κ1) is 18.0. The lowest BCUT2D eigenvalue weighted by atomic mass is 10.2. The Balaban J connectivity index is 1.78. The van der Waals surface area contributed by atoms with Gasteiger partial charge in [-0.3, -0.25) is 9.59 Å². The number of alkyl halides is 3. The molecule has 2 rings (SSSR count). The van der Waals surface area contributed by atoms with E-state index in [0.717, 1.165) is 18.3 Å². The molecule has 0 bridgehead atoms. The molecule has 1 aliphatic heterocycles. The minimum atomic E-state index is -4.43. The van der Waals surface area contributed by atoms with E-state index in [2.05, 4.69) is 10.3 Å². The molecule has 2 amide bonds. The van der Waals surface area contributed by atoms with Crippen molar-refractivity contribution in [3.63, 3.8) is 0 Å². The van der Waals surface area contributed by atoms with Gasteiger partial charge in [0, 0.05) is 52.3 Å². The first-order chi connectivity index (χ1) is 11.3. The molecular weight excluding hydrogens is 325 g/mol. The van der Waals surface area contributed by atoms with Crippen LogP contribution in [0.1, 0.15) is 18.9 Å². The molecule has 9 heteroatoms. The Bertz CT molecular complexity index is 599. The molecule has 1 aliphatic rings. The largest absolute Gasteiger partial charge is 0.416 e. The van der Waals surface area contributed by atoms with E-state index in [-0.39, 0.29) is 30.6 Å². The minimum Gasteiger partial charge on any atom is -0.370 e. The van der Waals surface area contributed by atoms with Gasteiger partial charge >= 0.3 is 6.18 Å². The van der Waals surface area contributed by atoms with Gasteiger partial charge < -0.3 is 15.1 Å². The van der Waals surface area contributed by atoms with Gasteiger partial charge in [0.2, 0.25) is 11.8 Å². The lowest BCUT2D eigenvalue weighted by Crippen LogP contribution is -2.50. The maximum Gasteiger partial charge on any atom is 0.416 e. The zero-order valence-electron chi connectivity index (χ0n) is 13.3. The Morgan fingerprint density at radius 3 is 2.42 bits per heavy atom. The summed E-state index contributed by atoms with van der Waals surface area (Å²) in [6.45, 7) is 3.64. The molecule has 2 heterocycles. The van der Waals surface area contributed by atoms with E-state index in [0.29, 0.717) is 26.2 Å². The van der Waals surface area contributed by atoms with Crippen molar-refractivity contribution in [1.82, 2.24) is 14.8 Å². The van der Waals surface area contributed by atoms with Gasteiger partial charge in [-0.25, -0.2) is 4.98 Å². The monoisotopic (exact) mass is 344 g/mol. The molecule has 1 aromatic rings. The molecule has 1 N–H and O–H groups in total. The van der Waals surface area contributed by atoms with Crippen LogP contribution in [0, 0.1) is 0 Å². The number of aromatic nitrogens is 1. The highest BCUT2D eigenvalue weighted by Crippen LogP contribution is 2.29. The summed E-state index contributed by atoms with van der Waals surface area (Å²) in [5.41, 5.74) is -0.785. The van der Waals surface area contributed by atoms with Crippen molar-refractivity contribution in [2.75, 3.05) is 38.0 Å². The fourth-order valence-corrected chi connectivity index (χ4v) is 2.43. The van der Waals surface area contributed by atoms with Crippen LogP contribution in [0.25, 0.3) is 0 Å². The molecule has 1 aromatic heterocycles. The third kappa shape index (κ3) is 4.84. The fourth-order valence-electron chi connectivity index (χ4n) is 2.43. The van der Waals surface area contributed by atoms with Gasteiger partial charge in [0.05, 0.1) is 5.56 Å². The average Bonchev–Trinajstić information content (AvgIpc) is 2.54. The number of piperazine rings is 1. The summed E-state index contributed by atoms with van der Waals surface area (Å²) >= 11 is 0. The number of hydrogen-bond donors (Lipinski definition) is 1. The van der Waals surface area contributed by atoms with Gasteiger partial charge in [0.1, 0.15) is 5.82 Å². The van der Waals surface area contributed by atoms with Gasteiger partial charge in [-0.15, -0.1) is 0 Å². The highest BCUT2D eigenvalue weighted by Gasteiger charge is 2.30. The van der Waals surface area contributed by atoms with E-state index in [9.17, 15) is 22.8 Å². The topological polar surface area (TPSA) is 65.5 Å². The predicted molar refractivity (Wildman–Crippen MR) is 81.2 cm³/mol. The van der Waals surface area contributed by atoms with Crippen molar-refractivity contribution in [3.05, 3.63) is 23.9 Å². The lowest BCUT2D eigenvalue weighted by molar-refractivity contribution is -0.138. The number of halogens is 3. The molecular formula is C15H19F3N4O2. The number of carbonyl (C=O) groups is 2. The number of amides is 2. The molecule has 0 unspecified atom stereocenters. The lowest BCUT2D eigenvalue weighted by Gasteiger charge is -2.34. The van der Waals surface area contributed by atoms with Crippen molar-refractivity contribution in [2.45, 2.75) is 19.5 Å². The Labute approximate surface area is 137 Å². The van der Waals surface area contributed by atoms with Crippen LogP contribution in [0.5, 0.6) is 0 Å². The van der Waals surface area contributed by atoms with Gasteiger partial charge in [-0.05, 0) is 12.1 Å². The summed E-state index contributed by atoms with van der Waals surface area (Å²) in [5.74, 6) is -0.0314. The van der Waals surface area contributed by atoms with Crippen molar-refractivity contribution < 1.29 is 22.8 Å². The smallest absolute Gasteiger partial charge is 0.370 e. The van der Waals surface area contributed by atoms with Crippen LogP contribution in [0.3, 0.4) is 0 Å². The van der Waals surface area contributed by atoms with Crippen LogP contribution in [0.2, 0.25) is 0 Å². The molecule has 0 radical (unpaired) electrons. The molecule has 6 nitrogen and oxygen atoms in total. The molecule has 24 heavy (non-hydrogen) atoms. The molecule has 0 aliphatic carbocycles. The average molecular weight is 344 g/mol. The van der Waals surface area contributed by atoms with E-state index in [4.69, 9.17) is 0 Å². The second kappa shape index (κ2) is 7.50. The molecule has 0 aromatic carbocycles. The van der Waals surface area contributed by atoms with Crippen LogP contribution < -0.4 is 5.32 Å². The molecule has 0 spiro atoms. The van der Waals surface area contributed by atoms with Crippen molar-refractivity contribution >= 4 is 17.6 Å². The highest BCUT2D eigenvalue weighted by molar-refractivity contribution is 5.77. The SMILES string of the molecule is CC(=O)N1CCN(C(=O)CCNc2cc(C(F)(F)F)ccn2)CC1. The Morgan fingerprint density at radius 2 is 1.83 bits per heavy atom. The van der Waals surface area contributed by atoms with E-state index in [1.807, 2.05) is 0 Å². The first-order valence-corrected chi connectivity index (χ1v) is 7.58. The van der Waals surface area contributed by atoms with Crippen LogP contribution in [0.4, 0.5) is 19.0 Å². The summed E-state index contributed by atoms with van der Waals surface area (Å²) in [7, 11) is 0. The summed E-state index contributed by atoms with van der Waals surface area (Å²) in [5, 5.41) is 2.73. The summed E-state index contributed by atoms with van der Waals surface area (Å²) in [6, 6.07) is 1.81. The highest BCUT2D eigenvalue weighted by atomic mass is 19.4. The third-order valence-electron chi connectivity index (χ3n) is 3.81. The Kier molecular flexibility index (Phi) is 5.63. The van der Waals surface area contributed by atoms with E-state index >= 15 is 0 Å². The molecule has 132 valence electrons. The van der Waals surface area contributed by atoms with Crippen molar-refractivity contribution in [2.24, 2.45) is 0 Å². The van der Waals surface area contributed by atoms with Crippen LogP contribution in [-0.4, -0.2) is 59.3 Å². The van der Waals surface area contributed by atoms with Gasteiger partial charge in [-0.2, -0.15) is 13.2 Å². The summed E-state index contributed by atoms with van der Waals surface area (Å²) in [4.78, 5) is 30.4. The maximum absolute atomic E-state index is 12.6. The Morgan fingerprint density at radius 1 is 1.21 bits per heavy atom. The van der Waals surface area contributed by atoms with Gasteiger partial charge in [0.15, 0.2) is 0 Å². The molecule has 1 saturated heterocycles. The summed E-state index contributed by atoms with van der Waals surface area (Å²) < 4.78 is 37.8. The van der Waals surface area contributed by atoms with E-state index in [1.165, 1.54) is 6.92 Å². The van der Waals surface area contributed by atoms with Crippen LogP contribution in [0.15, 0.2) is 18.3 Å². The number of rotatable bonds is 4. The fraction of sp³-hybridized carbons (Fsp3) is 0.533. The van der Waals surface area contributed by atoms with E-state index < -0.39 is 11.7 Å². The number of nitrogens with zero attached hydrogens (tertiary/aromatic N) is 3. The number of hydrogen-bond acceptors (Lipinski definition) is 4. The van der Waals surface area contributed by atoms with Gasteiger partial charge in [-0.1, -0.05) is 0 Å². The standard InChI is InChI=1S/C15H19F3N4O2/c1-11(23)21-6-8-22(9-7-21)14(24)3-5-20-13-10-12(2-4-19-13)15(16,17)18/h2,4,10H,3,5-9H2,1H3,(H,19,20). The van der Waals surface area contributed by atoms with Crippen molar-refractivity contribution in [1.29, 1.82) is 0 Å². The number of nitrogens with one attached hydrogen (secondary N) is 1. The molecule has 0 atom stereocenters. The third-order valence-corrected chi connectivity index (χ3v) is 3.81. The molecule has 0 saturated carbocycles. The maximum atomic E-state index is 12.6. The van der Waals surface area contributed by atoms with Gasteiger partial charge in [0.25, 0.3) is 0 Å². The summed E-state index contributed by atoms with van der Waals surface area (Å²) in [6.07, 6.45) is -3.20. The quantitative estimate of drug-likeness (QED) is 0.901. The minimum absolute atomic E-state index is 0.0145. The van der Waals surface area contributed by atoms with Crippen molar-refractivity contribution in [3.8, 4) is 0 Å². The second-order valence-electron chi connectivity index (χ2n) is 5.49. The zero-order valence-corrected chi connectivity index (χ0v) is 13.3. The number of anilines is 1. The normalized spacial score (nSPS) is 15.3. The number of carbonyl (C=O) groups excluding carboxylic acids is 2. The Hall–Kier alpha value is -2.32. The van der Waals surface area contributed by atoms with E-state index in [1.54, 1.807) is 9.80 Å². The zero-order chi connectivity index (χ0) is 17.7. The predicted octanol–water partition coefficient (Wildman–Crippen LogP) is 1.59.